The SMILES string of the molecule is COCCOCC(=O)N1CCN(C(C)C(N)=S)CC1. The lowest BCUT2D eigenvalue weighted by molar-refractivity contribution is -0.138. The Bertz CT molecular complexity index is 307. The Kier molecular flexibility index (Phi) is 7.22. The highest BCUT2D eigenvalue weighted by Crippen LogP contribution is 2.07. The van der Waals surface area contributed by atoms with Gasteiger partial charge in [0.25, 0.3) is 0 Å². The van der Waals surface area contributed by atoms with Crippen LogP contribution in [0, 0.1) is 0 Å². The highest BCUT2D eigenvalue weighted by molar-refractivity contribution is 7.80. The van der Waals surface area contributed by atoms with E-state index in [2.05, 4.69) is 4.90 Å². The maximum absolute atomic E-state index is 11.9. The lowest BCUT2D eigenvalue weighted by atomic mass is 10.2. The molecule has 110 valence electrons. The lowest BCUT2D eigenvalue weighted by Crippen LogP contribution is -2.54. The van der Waals surface area contributed by atoms with Crippen LogP contribution in [0.4, 0.5) is 0 Å². The van der Waals surface area contributed by atoms with E-state index in [4.69, 9.17) is 27.4 Å². The van der Waals surface area contributed by atoms with E-state index >= 15 is 0 Å². The molecule has 0 bridgehead atoms. The fourth-order valence-electron chi connectivity index (χ4n) is 1.93. The topological polar surface area (TPSA) is 68.0 Å². The predicted molar refractivity (Wildman–Crippen MR) is 77.1 cm³/mol. The Morgan fingerprint density at radius 3 is 2.47 bits per heavy atom. The number of nitrogens with zero attached hydrogens (tertiary/aromatic N) is 2. The molecule has 1 fully saturated rings. The first-order valence-corrected chi connectivity index (χ1v) is 6.85. The minimum absolute atomic E-state index is 0.0266. The molecule has 6 nitrogen and oxygen atoms in total. The quantitative estimate of drug-likeness (QED) is 0.502. The molecule has 1 aliphatic rings. The largest absolute Gasteiger partial charge is 0.392 e. The Morgan fingerprint density at radius 2 is 1.95 bits per heavy atom. The molecule has 1 saturated heterocycles. The number of nitrogens with two attached hydrogens (primary N) is 1. The first kappa shape index (κ1) is 16.3. The standard InChI is InChI=1S/C12H23N3O3S/c1-10(12(13)19)14-3-5-15(6-4-14)11(16)9-18-8-7-17-2/h10H,3-9H2,1-2H3,(H2,13,19). The second-order valence-electron chi connectivity index (χ2n) is 4.54. The number of thiocarbonyl (C=S) groups is 1. The molecule has 1 aliphatic heterocycles. The summed E-state index contributed by atoms with van der Waals surface area (Å²) in [7, 11) is 1.60. The summed E-state index contributed by atoms with van der Waals surface area (Å²) in [6, 6.07) is 0.0882. The molecule has 2 N–H and O–H groups in total. The van der Waals surface area contributed by atoms with Crippen LogP contribution in [0.1, 0.15) is 6.92 Å². The van der Waals surface area contributed by atoms with E-state index in [1.807, 2.05) is 11.8 Å². The van der Waals surface area contributed by atoms with Crippen LogP contribution in [-0.4, -0.2) is 79.8 Å². The van der Waals surface area contributed by atoms with Gasteiger partial charge in [-0.25, -0.2) is 0 Å². The van der Waals surface area contributed by atoms with Crippen LogP contribution < -0.4 is 5.73 Å². The molecule has 19 heavy (non-hydrogen) atoms. The number of hydrogen-bond acceptors (Lipinski definition) is 5. The highest BCUT2D eigenvalue weighted by Gasteiger charge is 2.24. The summed E-state index contributed by atoms with van der Waals surface area (Å²) in [4.78, 5) is 16.4. The third-order valence-corrected chi connectivity index (χ3v) is 3.62. The molecule has 0 radical (unpaired) electrons. The van der Waals surface area contributed by atoms with Crippen LogP contribution in [0.3, 0.4) is 0 Å². The molecule has 1 heterocycles. The van der Waals surface area contributed by atoms with Gasteiger partial charge >= 0.3 is 0 Å². The summed E-state index contributed by atoms with van der Waals surface area (Å²) in [5, 5.41) is 0. The van der Waals surface area contributed by atoms with Gasteiger partial charge in [0, 0.05) is 33.3 Å². The van der Waals surface area contributed by atoms with Crippen molar-refractivity contribution >= 4 is 23.1 Å². The minimum atomic E-state index is 0.0266. The van der Waals surface area contributed by atoms with E-state index in [1.54, 1.807) is 7.11 Å². The molecule has 1 atom stereocenters. The first-order chi connectivity index (χ1) is 9.06. The summed E-state index contributed by atoms with van der Waals surface area (Å²) >= 11 is 4.99. The van der Waals surface area contributed by atoms with Gasteiger partial charge in [-0.05, 0) is 6.92 Å². The van der Waals surface area contributed by atoms with E-state index in [1.165, 1.54) is 0 Å². The van der Waals surface area contributed by atoms with Gasteiger partial charge in [-0.1, -0.05) is 12.2 Å². The van der Waals surface area contributed by atoms with Gasteiger partial charge in [0.2, 0.25) is 5.91 Å². The summed E-state index contributed by atoms with van der Waals surface area (Å²) in [6.07, 6.45) is 0. The van der Waals surface area contributed by atoms with Crippen molar-refractivity contribution < 1.29 is 14.3 Å². The molecule has 1 amide bonds. The molecular formula is C12H23N3O3S. The highest BCUT2D eigenvalue weighted by atomic mass is 32.1. The molecule has 0 aromatic carbocycles. The smallest absolute Gasteiger partial charge is 0.248 e. The van der Waals surface area contributed by atoms with Crippen LogP contribution in [0.5, 0.6) is 0 Å². The Hall–Kier alpha value is -0.760. The van der Waals surface area contributed by atoms with Gasteiger partial charge < -0.3 is 20.1 Å². The maximum Gasteiger partial charge on any atom is 0.248 e. The zero-order valence-corrected chi connectivity index (χ0v) is 12.4. The Morgan fingerprint density at radius 1 is 1.32 bits per heavy atom. The average Bonchev–Trinajstić information content (AvgIpc) is 2.42. The van der Waals surface area contributed by atoms with Crippen LogP contribution in [0.25, 0.3) is 0 Å². The number of hydrogen-bond donors (Lipinski definition) is 1. The number of methoxy groups -OCH3 is 1. The van der Waals surface area contributed by atoms with Crippen LogP contribution in [-0.2, 0) is 14.3 Å². The second-order valence-corrected chi connectivity index (χ2v) is 5.01. The number of rotatable bonds is 7. The van der Waals surface area contributed by atoms with Crippen molar-refractivity contribution in [2.75, 3.05) is 53.1 Å². The third kappa shape index (κ3) is 5.40. The fourth-order valence-corrected chi connectivity index (χ4v) is 2.08. The second kappa shape index (κ2) is 8.42. The number of amides is 1. The first-order valence-electron chi connectivity index (χ1n) is 6.44. The van der Waals surface area contributed by atoms with Crippen molar-refractivity contribution in [3.05, 3.63) is 0 Å². The fraction of sp³-hybridized carbons (Fsp3) is 0.833. The van der Waals surface area contributed by atoms with E-state index < -0.39 is 0 Å². The van der Waals surface area contributed by atoms with Gasteiger partial charge in [-0.2, -0.15) is 0 Å². The zero-order valence-electron chi connectivity index (χ0n) is 11.6. The van der Waals surface area contributed by atoms with Gasteiger partial charge in [0.1, 0.15) is 6.61 Å². The molecular weight excluding hydrogens is 266 g/mol. The van der Waals surface area contributed by atoms with E-state index in [0.717, 1.165) is 13.1 Å². The molecule has 1 unspecified atom stereocenters. The minimum Gasteiger partial charge on any atom is -0.392 e. The molecule has 0 aromatic heterocycles. The van der Waals surface area contributed by atoms with Crippen molar-refractivity contribution in [3.8, 4) is 0 Å². The van der Waals surface area contributed by atoms with Gasteiger partial charge in [0.15, 0.2) is 0 Å². The van der Waals surface area contributed by atoms with Crippen LogP contribution >= 0.6 is 12.2 Å². The van der Waals surface area contributed by atoms with Crippen molar-refractivity contribution in [2.45, 2.75) is 13.0 Å². The molecule has 0 aromatic rings. The van der Waals surface area contributed by atoms with Crippen molar-refractivity contribution in [1.29, 1.82) is 0 Å². The summed E-state index contributed by atoms with van der Waals surface area (Å²) in [6.45, 7) is 6.04. The van der Waals surface area contributed by atoms with Crippen molar-refractivity contribution in [1.82, 2.24) is 9.80 Å². The van der Waals surface area contributed by atoms with Gasteiger partial charge in [-0.15, -0.1) is 0 Å². The number of carbonyl (C=O) groups excluding carboxylic acids is 1. The monoisotopic (exact) mass is 289 g/mol. The van der Waals surface area contributed by atoms with E-state index in [-0.39, 0.29) is 18.6 Å². The molecule has 1 rings (SSSR count). The van der Waals surface area contributed by atoms with Gasteiger partial charge in [0.05, 0.1) is 24.2 Å². The number of ether oxygens (including phenoxy) is 2. The number of carbonyl (C=O) groups is 1. The van der Waals surface area contributed by atoms with Crippen LogP contribution in [0.2, 0.25) is 0 Å². The third-order valence-electron chi connectivity index (χ3n) is 3.28. The molecule has 0 spiro atoms. The summed E-state index contributed by atoms with van der Waals surface area (Å²) in [5.41, 5.74) is 5.63. The molecule has 0 aliphatic carbocycles. The molecule has 7 heteroatoms. The van der Waals surface area contributed by atoms with E-state index in [9.17, 15) is 4.79 Å². The van der Waals surface area contributed by atoms with E-state index in [0.29, 0.717) is 31.3 Å². The Balaban J connectivity index is 2.25. The summed E-state index contributed by atoms with van der Waals surface area (Å²) in [5.74, 6) is 0.0266. The van der Waals surface area contributed by atoms with Gasteiger partial charge in [-0.3, -0.25) is 9.69 Å². The average molecular weight is 289 g/mol. The summed E-state index contributed by atoms with van der Waals surface area (Å²) < 4.78 is 10.1. The number of piperazine rings is 1. The zero-order chi connectivity index (χ0) is 14.3. The van der Waals surface area contributed by atoms with Crippen LogP contribution in [0.15, 0.2) is 0 Å². The predicted octanol–water partition coefficient (Wildman–Crippen LogP) is -0.532. The Labute approximate surface area is 119 Å². The maximum atomic E-state index is 11.9. The molecule has 0 saturated carbocycles. The van der Waals surface area contributed by atoms with Crippen molar-refractivity contribution in [3.63, 3.8) is 0 Å². The normalized spacial score (nSPS) is 18.3. The lowest BCUT2D eigenvalue weighted by Gasteiger charge is -2.37. The van der Waals surface area contributed by atoms with Crippen molar-refractivity contribution in [2.24, 2.45) is 5.73 Å².